The van der Waals surface area contributed by atoms with Gasteiger partial charge in [0.05, 0.1) is 12.2 Å². The lowest BCUT2D eigenvalue weighted by molar-refractivity contribution is -0.143. The first kappa shape index (κ1) is 16.9. The number of nitrogens with zero attached hydrogens (tertiary/aromatic N) is 3. The van der Waals surface area contributed by atoms with E-state index >= 15 is 0 Å². The van der Waals surface area contributed by atoms with Crippen LogP contribution < -0.4 is 0 Å². The van der Waals surface area contributed by atoms with Crippen LogP contribution in [0.15, 0.2) is 4.52 Å². The molecule has 0 N–H and O–H groups in total. The van der Waals surface area contributed by atoms with E-state index in [0.29, 0.717) is 37.6 Å². The number of hydrogen-bond acceptors (Lipinski definition) is 5. The Labute approximate surface area is 132 Å². The molecule has 0 bridgehead atoms. The van der Waals surface area contributed by atoms with Crippen molar-refractivity contribution in [1.82, 2.24) is 15.0 Å². The molecule has 0 spiro atoms. The van der Waals surface area contributed by atoms with Gasteiger partial charge in [0.1, 0.15) is 0 Å². The summed E-state index contributed by atoms with van der Waals surface area (Å²) in [5.41, 5.74) is -0.113. The standard InChI is InChI=1S/C16H27N3O3/c1-11-9-19(10-12(2)21-11)14(20)8-6-7-13-17-15(18-22-13)16(3,4)5/h11-12H,6-10H2,1-5H3/t11-,12-/m1/s1. The predicted molar refractivity (Wildman–Crippen MR) is 82.5 cm³/mol. The Bertz CT molecular complexity index is 497. The topological polar surface area (TPSA) is 68.5 Å². The molecule has 0 radical (unpaired) electrons. The molecule has 1 saturated heterocycles. The van der Waals surface area contributed by atoms with E-state index in [4.69, 9.17) is 9.26 Å². The number of rotatable bonds is 4. The van der Waals surface area contributed by atoms with Crippen LogP contribution in [0.5, 0.6) is 0 Å². The molecule has 2 rings (SSSR count). The molecule has 1 fully saturated rings. The Morgan fingerprint density at radius 2 is 1.91 bits per heavy atom. The first-order valence-corrected chi connectivity index (χ1v) is 8.02. The highest BCUT2D eigenvalue weighted by molar-refractivity contribution is 5.76. The van der Waals surface area contributed by atoms with E-state index in [0.717, 1.165) is 6.42 Å². The molecule has 0 aromatic carbocycles. The van der Waals surface area contributed by atoms with Gasteiger partial charge in [-0.05, 0) is 20.3 Å². The highest BCUT2D eigenvalue weighted by atomic mass is 16.5. The van der Waals surface area contributed by atoms with E-state index in [9.17, 15) is 4.79 Å². The molecule has 2 atom stereocenters. The summed E-state index contributed by atoms with van der Waals surface area (Å²) in [7, 11) is 0. The molecular formula is C16H27N3O3. The van der Waals surface area contributed by atoms with Gasteiger partial charge < -0.3 is 14.2 Å². The van der Waals surface area contributed by atoms with Gasteiger partial charge in [0.2, 0.25) is 11.8 Å². The van der Waals surface area contributed by atoms with Crippen LogP contribution in [0.2, 0.25) is 0 Å². The number of aromatic nitrogens is 2. The van der Waals surface area contributed by atoms with E-state index in [2.05, 4.69) is 10.1 Å². The van der Waals surface area contributed by atoms with Crippen molar-refractivity contribution in [3.05, 3.63) is 11.7 Å². The van der Waals surface area contributed by atoms with Gasteiger partial charge >= 0.3 is 0 Å². The Balaban J connectivity index is 1.78. The Kier molecular flexibility index (Phi) is 5.21. The summed E-state index contributed by atoms with van der Waals surface area (Å²) in [5, 5.41) is 4.00. The molecule has 22 heavy (non-hydrogen) atoms. The van der Waals surface area contributed by atoms with Crippen molar-refractivity contribution in [2.75, 3.05) is 13.1 Å². The minimum atomic E-state index is -0.113. The van der Waals surface area contributed by atoms with Gasteiger partial charge in [-0.25, -0.2) is 0 Å². The minimum Gasteiger partial charge on any atom is -0.372 e. The molecule has 0 unspecified atom stereocenters. The molecule has 2 heterocycles. The van der Waals surface area contributed by atoms with Crippen LogP contribution in [0, 0.1) is 0 Å². The maximum Gasteiger partial charge on any atom is 0.226 e. The van der Waals surface area contributed by atoms with Crippen molar-refractivity contribution in [3.63, 3.8) is 0 Å². The average molecular weight is 309 g/mol. The number of amides is 1. The van der Waals surface area contributed by atoms with Crippen molar-refractivity contribution in [2.45, 2.75) is 71.5 Å². The second kappa shape index (κ2) is 6.77. The fourth-order valence-corrected chi connectivity index (χ4v) is 2.59. The van der Waals surface area contributed by atoms with E-state index in [1.54, 1.807) is 0 Å². The first-order valence-electron chi connectivity index (χ1n) is 8.02. The summed E-state index contributed by atoms with van der Waals surface area (Å²) >= 11 is 0. The molecule has 1 amide bonds. The summed E-state index contributed by atoms with van der Waals surface area (Å²) in [5.74, 6) is 1.50. The summed E-state index contributed by atoms with van der Waals surface area (Å²) in [6.07, 6.45) is 2.10. The summed E-state index contributed by atoms with van der Waals surface area (Å²) < 4.78 is 10.9. The fraction of sp³-hybridized carbons (Fsp3) is 0.812. The zero-order valence-corrected chi connectivity index (χ0v) is 14.3. The summed E-state index contributed by atoms with van der Waals surface area (Å²) in [4.78, 5) is 18.5. The van der Waals surface area contributed by atoms with Gasteiger partial charge in [0, 0.05) is 31.3 Å². The molecule has 1 aromatic rings. The Morgan fingerprint density at radius 1 is 1.27 bits per heavy atom. The Morgan fingerprint density at radius 3 is 2.45 bits per heavy atom. The quantitative estimate of drug-likeness (QED) is 0.854. The van der Waals surface area contributed by atoms with Crippen LogP contribution in [0.3, 0.4) is 0 Å². The first-order chi connectivity index (χ1) is 10.3. The molecule has 0 saturated carbocycles. The van der Waals surface area contributed by atoms with Crippen LogP contribution in [-0.4, -0.2) is 46.2 Å². The molecule has 124 valence electrons. The third kappa shape index (κ3) is 4.53. The van der Waals surface area contributed by atoms with Crippen molar-refractivity contribution < 1.29 is 14.1 Å². The summed E-state index contributed by atoms with van der Waals surface area (Å²) in [6.45, 7) is 11.5. The van der Waals surface area contributed by atoms with Crippen LogP contribution >= 0.6 is 0 Å². The summed E-state index contributed by atoms with van der Waals surface area (Å²) in [6, 6.07) is 0. The van der Waals surface area contributed by atoms with E-state index in [1.165, 1.54) is 0 Å². The average Bonchev–Trinajstić information content (AvgIpc) is 2.86. The molecule has 6 heteroatoms. The van der Waals surface area contributed by atoms with Gasteiger partial charge in [-0.15, -0.1) is 0 Å². The van der Waals surface area contributed by atoms with Crippen LogP contribution in [0.1, 0.15) is 59.2 Å². The molecule has 0 aliphatic carbocycles. The van der Waals surface area contributed by atoms with Gasteiger partial charge in [-0.1, -0.05) is 25.9 Å². The van der Waals surface area contributed by atoms with Crippen molar-refractivity contribution in [1.29, 1.82) is 0 Å². The second-order valence-corrected chi connectivity index (χ2v) is 7.17. The van der Waals surface area contributed by atoms with Crippen molar-refractivity contribution >= 4 is 5.91 Å². The maximum atomic E-state index is 12.2. The lowest BCUT2D eigenvalue weighted by Gasteiger charge is -2.35. The van der Waals surface area contributed by atoms with Gasteiger partial charge in [0.25, 0.3) is 0 Å². The smallest absolute Gasteiger partial charge is 0.226 e. The van der Waals surface area contributed by atoms with E-state index < -0.39 is 0 Å². The number of hydrogen-bond donors (Lipinski definition) is 0. The normalized spacial score (nSPS) is 22.9. The highest BCUT2D eigenvalue weighted by Crippen LogP contribution is 2.19. The lowest BCUT2D eigenvalue weighted by atomic mass is 9.96. The molecule has 1 aliphatic heterocycles. The van der Waals surface area contributed by atoms with Crippen LogP contribution in [-0.2, 0) is 21.4 Å². The maximum absolute atomic E-state index is 12.2. The third-order valence-electron chi connectivity index (χ3n) is 3.69. The number of aryl methyl sites for hydroxylation is 1. The van der Waals surface area contributed by atoms with Gasteiger partial charge in [0.15, 0.2) is 5.82 Å². The zero-order chi connectivity index (χ0) is 16.3. The number of ether oxygens (including phenoxy) is 1. The lowest BCUT2D eigenvalue weighted by Crippen LogP contribution is -2.48. The minimum absolute atomic E-state index is 0.109. The predicted octanol–water partition coefficient (Wildman–Crippen LogP) is 2.33. The number of carbonyl (C=O) groups excluding carboxylic acids is 1. The monoisotopic (exact) mass is 309 g/mol. The fourth-order valence-electron chi connectivity index (χ4n) is 2.59. The number of carbonyl (C=O) groups is 1. The van der Waals surface area contributed by atoms with Gasteiger partial charge in [-0.3, -0.25) is 4.79 Å². The highest BCUT2D eigenvalue weighted by Gasteiger charge is 2.25. The van der Waals surface area contributed by atoms with E-state index in [-0.39, 0.29) is 23.5 Å². The van der Waals surface area contributed by atoms with E-state index in [1.807, 2.05) is 39.5 Å². The van der Waals surface area contributed by atoms with Gasteiger partial charge in [-0.2, -0.15) is 4.98 Å². The zero-order valence-electron chi connectivity index (χ0n) is 14.3. The van der Waals surface area contributed by atoms with Crippen LogP contribution in [0.4, 0.5) is 0 Å². The molecular weight excluding hydrogens is 282 g/mol. The van der Waals surface area contributed by atoms with Crippen LogP contribution in [0.25, 0.3) is 0 Å². The largest absolute Gasteiger partial charge is 0.372 e. The SMILES string of the molecule is C[C@@H]1CN(C(=O)CCCc2nc(C(C)(C)C)no2)C[C@@H](C)O1. The second-order valence-electron chi connectivity index (χ2n) is 7.17. The third-order valence-corrected chi connectivity index (χ3v) is 3.69. The van der Waals surface area contributed by atoms with Crippen molar-refractivity contribution in [3.8, 4) is 0 Å². The van der Waals surface area contributed by atoms with Crippen molar-refractivity contribution in [2.24, 2.45) is 0 Å². The molecule has 1 aliphatic rings. The molecule has 1 aromatic heterocycles. The molecule has 6 nitrogen and oxygen atoms in total. The Hall–Kier alpha value is -1.43. The number of morpholine rings is 1.